The van der Waals surface area contributed by atoms with Gasteiger partial charge in [0.15, 0.2) is 5.75 Å². The van der Waals surface area contributed by atoms with Gasteiger partial charge in [0, 0.05) is 6.07 Å². The molecule has 0 unspecified atom stereocenters. The molecule has 23 heavy (non-hydrogen) atoms. The summed E-state index contributed by atoms with van der Waals surface area (Å²) >= 11 is 3.34. The molecule has 0 aliphatic rings. The third-order valence-electron chi connectivity index (χ3n) is 3.02. The number of amides is 1. The molecule has 0 fully saturated rings. The fourth-order valence-corrected chi connectivity index (χ4v) is 2.23. The van der Waals surface area contributed by atoms with E-state index in [9.17, 15) is 18.0 Å². The van der Waals surface area contributed by atoms with E-state index >= 15 is 0 Å². The van der Waals surface area contributed by atoms with Gasteiger partial charge in [-0.3, -0.25) is 9.48 Å². The van der Waals surface area contributed by atoms with Crippen LogP contribution in [0.3, 0.4) is 0 Å². The van der Waals surface area contributed by atoms with Crippen molar-refractivity contribution in [1.29, 1.82) is 0 Å². The van der Waals surface area contributed by atoms with Gasteiger partial charge in [-0.1, -0.05) is 0 Å². The quantitative estimate of drug-likeness (QED) is 0.846. The molecule has 5 nitrogen and oxygen atoms in total. The summed E-state index contributed by atoms with van der Waals surface area (Å²) in [5.41, 5.74) is 1.43. The van der Waals surface area contributed by atoms with Gasteiger partial charge in [-0.25, -0.2) is 4.39 Å². The molecule has 0 saturated carbocycles. The number of halogens is 4. The van der Waals surface area contributed by atoms with Crippen molar-refractivity contribution in [2.75, 3.05) is 5.32 Å². The number of carbonyl (C=O) groups is 1. The molecule has 9 heteroatoms. The number of anilines is 1. The molecule has 1 aromatic carbocycles. The molecule has 1 N–H and O–H groups in total. The van der Waals surface area contributed by atoms with Crippen LogP contribution in [0.5, 0.6) is 5.75 Å². The average molecular weight is 392 g/mol. The highest BCUT2D eigenvalue weighted by atomic mass is 79.9. The molecule has 124 valence electrons. The van der Waals surface area contributed by atoms with E-state index in [0.29, 0.717) is 0 Å². The van der Waals surface area contributed by atoms with Crippen LogP contribution in [0.15, 0.2) is 22.7 Å². The van der Waals surface area contributed by atoms with Crippen LogP contribution in [0.4, 0.5) is 18.9 Å². The van der Waals surface area contributed by atoms with Gasteiger partial charge in [0.05, 0.1) is 21.5 Å². The summed E-state index contributed by atoms with van der Waals surface area (Å²) in [5.74, 6) is -1.70. The number of nitrogens with zero attached hydrogens (tertiary/aromatic N) is 2. The molecular formula is C14H13BrF3N3O2. The second-order valence-corrected chi connectivity index (χ2v) is 5.50. The van der Waals surface area contributed by atoms with Crippen LogP contribution in [0.2, 0.25) is 0 Å². The van der Waals surface area contributed by atoms with E-state index in [4.69, 9.17) is 0 Å². The zero-order valence-electron chi connectivity index (χ0n) is 12.2. The second kappa shape index (κ2) is 7.03. The maximum Gasteiger partial charge on any atom is 0.387 e. The number of hydrogen-bond donors (Lipinski definition) is 1. The second-order valence-electron chi connectivity index (χ2n) is 4.71. The Morgan fingerprint density at radius 1 is 1.43 bits per heavy atom. The molecule has 0 atom stereocenters. The first kappa shape index (κ1) is 17.3. The van der Waals surface area contributed by atoms with Crippen molar-refractivity contribution in [3.05, 3.63) is 39.9 Å². The average Bonchev–Trinajstić information content (AvgIpc) is 2.69. The molecule has 0 saturated heterocycles. The summed E-state index contributed by atoms with van der Waals surface area (Å²) < 4.78 is 44.3. The minimum absolute atomic E-state index is 0.0442. The van der Waals surface area contributed by atoms with Gasteiger partial charge in [0.1, 0.15) is 12.4 Å². The predicted molar refractivity (Wildman–Crippen MR) is 81.1 cm³/mol. The molecule has 0 radical (unpaired) electrons. The van der Waals surface area contributed by atoms with Gasteiger partial charge in [0.2, 0.25) is 5.91 Å². The standard InChI is InChI=1S/C14H13BrF3N3O2/c1-7-13(15)8(2)21(20-7)6-12(22)19-10-4-3-9(16)5-11(10)23-14(17)18/h3-5,14H,6H2,1-2H3,(H,19,22). The zero-order chi connectivity index (χ0) is 17.1. The smallest absolute Gasteiger partial charge is 0.387 e. The van der Waals surface area contributed by atoms with Crippen LogP contribution in [0.25, 0.3) is 0 Å². The van der Waals surface area contributed by atoms with Crippen molar-refractivity contribution >= 4 is 27.5 Å². The lowest BCUT2D eigenvalue weighted by atomic mass is 10.3. The first-order valence-electron chi connectivity index (χ1n) is 6.51. The van der Waals surface area contributed by atoms with Crippen molar-refractivity contribution in [2.45, 2.75) is 27.0 Å². The first-order valence-corrected chi connectivity index (χ1v) is 7.31. The van der Waals surface area contributed by atoms with Gasteiger partial charge in [-0.2, -0.15) is 13.9 Å². The van der Waals surface area contributed by atoms with Crippen LogP contribution in [-0.2, 0) is 11.3 Å². The van der Waals surface area contributed by atoms with E-state index in [1.807, 2.05) is 0 Å². The van der Waals surface area contributed by atoms with Gasteiger partial charge < -0.3 is 10.1 Å². The predicted octanol–water partition coefficient (Wildman–Crippen LogP) is 3.64. The number of aryl methyl sites for hydroxylation is 1. The van der Waals surface area contributed by atoms with Crippen LogP contribution in [-0.4, -0.2) is 22.3 Å². The third kappa shape index (κ3) is 4.25. The highest BCUT2D eigenvalue weighted by Crippen LogP contribution is 2.27. The van der Waals surface area contributed by atoms with E-state index in [-0.39, 0.29) is 12.2 Å². The Labute approximate surface area is 138 Å². The lowest BCUT2D eigenvalue weighted by molar-refractivity contribution is -0.117. The van der Waals surface area contributed by atoms with Gasteiger partial charge >= 0.3 is 6.61 Å². The van der Waals surface area contributed by atoms with Gasteiger partial charge in [-0.05, 0) is 41.9 Å². The first-order chi connectivity index (χ1) is 10.8. The number of rotatable bonds is 5. The number of ether oxygens (including phenoxy) is 1. The van der Waals surface area contributed by atoms with Crippen molar-refractivity contribution in [1.82, 2.24) is 9.78 Å². The number of carbonyl (C=O) groups excluding carboxylic acids is 1. The third-order valence-corrected chi connectivity index (χ3v) is 4.17. The lowest BCUT2D eigenvalue weighted by Crippen LogP contribution is -2.21. The van der Waals surface area contributed by atoms with E-state index in [1.165, 1.54) is 4.68 Å². The molecule has 0 spiro atoms. The number of benzene rings is 1. The monoisotopic (exact) mass is 391 g/mol. The Bertz CT molecular complexity index is 734. The van der Waals surface area contributed by atoms with E-state index in [1.54, 1.807) is 13.8 Å². The van der Waals surface area contributed by atoms with E-state index in [2.05, 4.69) is 31.1 Å². The normalized spacial score (nSPS) is 10.9. The summed E-state index contributed by atoms with van der Waals surface area (Å²) in [4.78, 5) is 12.1. The van der Waals surface area contributed by atoms with Crippen molar-refractivity contribution in [3.8, 4) is 5.75 Å². The Hall–Kier alpha value is -2.03. The molecule has 2 aromatic rings. The minimum atomic E-state index is -3.13. The zero-order valence-corrected chi connectivity index (χ0v) is 13.8. The van der Waals surface area contributed by atoms with Crippen molar-refractivity contribution in [2.24, 2.45) is 0 Å². The minimum Gasteiger partial charge on any atom is -0.432 e. The molecule has 1 aromatic heterocycles. The number of hydrogen-bond acceptors (Lipinski definition) is 3. The Morgan fingerprint density at radius 2 is 2.13 bits per heavy atom. The molecule has 0 aliphatic carbocycles. The topological polar surface area (TPSA) is 56.2 Å². The molecular weight excluding hydrogens is 379 g/mol. The summed E-state index contributed by atoms with van der Waals surface area (Å²) in [6.45, 7) is 0.309. The summed E-state index contributed by atoms with van der Waals surface area (Å²) in [6.07, 6.45) is 0. The van der Waals surface area contributed by atoms with Crippen LogP contribution in [0.1, 0.15) is 11.4 Å². The number of nitrogens with one attached hydrogen (secondary N) is 1. The number of aromatic nitrogens is 2. The lowest BCUT2D eigenvalue weighted by Gasteiger charge is -2.12. The highest BCUT2D eigenvalue weighted by Gasteiger charge is 2.15. The van der Waals surface area contributed by atoms with E-state index in [0.717, 1.165) is 34.1 Å². The highest BCUT2D eigenvalue weighted by molar-refractivity contribution is 9.10. The van der Waals surface area contributed by atoms with Crippen LogP contribution >= 0.6 is 15.9 Å². The molecule has 2 rings (SSSR count). The number of alkyl halides is 2. The molecule has 0 bridgehead atoms. The summed E-state index contributed by atoms with van der Waals surface area (Å²) in [6, 6.07) is 2.97. The fraction of sp³-hybridized carbons (Fsp3) is 0.286. The maximum absolute atomic E-state index is 13.1. The van der Waals surface area contributed by atoms with Gasteiger partial charge in [0.25, 0.3) is 0 Å². The van der Waals surface area contributed by atoms with E-state index < -0.39 is 24.1 Å². The Kier molecular flexibility index (Phi) is 5.30. The Balaban J connectivity index is 2.15. The fourth-order valence-electron chi connectivity index (χ4n) is 1.95. The van der Waals surface area contributed by atoms with Gasteiger partial charge in [-0.15, -0.1) is 0 Å². The maximum atomic E-state index is 13.1. The largest absolute Gasteiger partial charge is 0.432 e. The molecule has 1 amide bonds. The molecule has 0 aliphatic heterocycles. The van der Waals surface area contributed by atoms with Crippen molar-refractivity contribution in [3.63, 3.8) is 0 Å². The van der Waals surface area contributed by atoms with Crippen LogP contribution < -0.4 is 10.1 Å². The summed E-state index contributed by atoms with van der Waals surface area (Å²) in [5, 5.41) is 6.58. The SMILES string of the molecule is Cc1nn(CC(=O)Nc2ccc(F)cc2OC(F)F)c(C)c1Br. The Morgan fingerprint density at radius 3 is 2.70 bits per heavy atom. The van der Waals surface area contributed by atoms with Crippen molar-refractivity contribution < 1.29 is 22.7 Å². The summed E-state index contributed by atoms with van der Waals surface area (Å²) in [7, 11) is 0. The molecule has 1 heterocycles. The van der Waals surface area contributed by atoms with Crippen LogP contribution in [0, 0.1) is 19.7 Å².